The maximum Gasteiger partial charge on any atom is 0.256 e. The highest BCUT2D eigenvalue weighted by molar-refractivity contribution is 5.97. The maximum atomic E-state index is 12.7. The van der Waals surface area contributed by atoms with Gasteiger partial charge < -0.3 is 19.7 Å². The molecule has 0 unspecified atom stereocenters. The summed E-state index contributed by atoms with van der Waals surface area (Å²) < 4.78 is 11.6. The van der Waals surface area contributed by atoms with Crippen LogP contribution in [-0.4, -0.2) is 50.3 Å². The van der Waals surface area contributed by atoms with Crippen LogP contribution in [0.5, 0.6) is 5.75 Å². The first kappa shape index (κ1) is 21.5. The second kappa shape index (κ2) is 10.4. The standard InChI is InChI=1S/C20H34N2O3/c1-7-13-25-20(4,15-16(2)3)19(23)21-17-8-10-18(11-9-17)24-14-12-22(5)6/h8-11,16H,7,12-15H2,1-6H3,(H,21,23)/t20-/m0/s1. The fraction of sp³-hybridized carbons (Fsp3) is 0.650. The first-order valence-electron chi connectivity index (χ1n) is 9.10. The van der Waals surface area contributed by atoms with Gasteiger partial charge in [-0.3, -0.25) is 4.79 Å². The van der Waals surface area contributed by atoms with Crippen LogP contribution in [0.15, 0.2) is 24.3 Å². The zero-order valence-corrected chi connectivity index (χ0v) is 16.6. The van der Waals surface area contributed by atoms with Gasteiger partial charge in [-0.2, -0.15) is 0 Å². The summed E-state index contributed by atoms with van der Waals surface area (Å²) in [7, 11) is 4.02. The van der Waals surface area contributed by atoms with E-state index in [1.165, 1.54) is 0 Å². The van der Waals surface area contributed by atoms with E-state index in [2.05, 4.69) is 24.1 Å². The topological polar surface area (TPSA) is 50.8 Å². The SMILES string of the molecule is CCCO[C@@](C)(CC(C)C)C(=O)Nc1ccc(OCCN(C)C)cc1. The highest BCUT2D eigenvalue weighted by Crippen LogP contribution is 2.24. The second-order valence-corrected chi connectivity index (χ2v) is 7.31. The molecule has 1 aromatic rings. The molecule has 5 heteroatoms. The van der Waals surface area contributed by atoms with E-state index in [1.807, 2.05) is 52.2 Å². The van der Waals surface area contributed by atoms with Gasteiger partial charge in [0.15, 0.2) is 0 Å². The number of nitrogens with one attached hydrogen (secondary N) is 1. The molecular weight excluding hydrogens is 316 g/mol. The minimum Gasteiger partial charge on any atom is -0.492 e. The average molecular weight is 351 g/mol. The van der Waals surface area contributed by atoms with Gasteiger partial charge in [0, 0.05) is 18.8 Å². The smallest absolute Gasteiger partial charge is 0.256 e. The third kappa shape index (κ3) is 7.88. The number of nitrogens with zero attached hydrogens (tertiary/aromatic N) is 1. The molecule has 0 aliphatic rings. The van der Waals surface area contributed by atoms with Crippen LogP contribution in [-0.2, 0) is 9.53 Å². The Labute approximate surface area is 152 Å². The minimum atomic E-state index is -0.814. The summed E-state index contributed by atoms with van der Waals surface area (Å²) in [5, 5.41) is 2.97. The molecule has 0 fully saturated rings. The predicted molar refractivity (Wildman–Crippen MR) is 103 cm³/mol. The fourth-order valence-corrected chi connectivity index (χ4v) is 2.57. The van der Waals surface area contributed by atoms with Crippen molar-refractivity contribution in [1.29, 1.82) is 0 Å². The number of carbonyl (C=O) groups is 1. The Hall–Kier alpha value is -1.59. The van der Waals surface area contributed by atoms with Gasteiger partial charge in [0.25, 0.3) is 5.91 Å². The van der Waals surface area contributed by atoms with E-state index in [0.29, 0.717) is 25.6 Å². The third-order valence-corrected chi connectivity index (χ3v) is 3.82. The predicted octanol–water partition coefficient (Wildman–Crippen LogP) is 3.80. The Morgan fingerprint density at radius 3 is 2.36 bits per heavy atom. The molecule has 0 radical (unpaired) electrons. The van der Waals surface area contributed by atoms with Crippen LogP contribution in [0.4, 0.5) is 5.69 Å². The Morgan fingerprint density at radius 1 is 1.20 bits per heavy atom. The minimum absolute atomic E-state index is 0.101. The Bertz CT molecular complexity index is 514. The van der Waals surface area contributed by atoms with Crippen molar-refractivity contribution in [2.45, 2.75) is 46.1 Å². The highest BCUT2D eigenvalue weighted by Gasteiger charge is 2.34. The summed E-state index contributed by atoms with van der Waals surface area (Å²) in [6.07, 6.45) is 1.57. The van der Waals surface area contributed by atoms with Crippen LogP contribution in [0.2, 0.25) is 0 Å². The summed E-state index contributed by atoms with van der Waals surface area (Å²) in [5.74, 6) is 1.07. The van der Waals surface area contributed by atoms with Crippen LogP contribution in [0.3, 0.4) is 0 Å². The second-order valence-electron chi connectivity index (χ2n) is 7.31. The van der Waals surface area contributed by atoms with E-state index in [-0.39, 0.29) is 5.91 Å². The summed E-state index contributed by atoms with van der Waals surface area (Å²) in [5.41, 5.74) is -0.0644. The van der Waals surface area contributed by atoms with E-state index in [4.69, 9.17) is 9.47 Å². The Morgan fingerprint density at radius 2 is 1.84 bits per heavy atom. The van der Waals surface area contributed by atoms with E-state index in [0.717, 1.165) is 24.4 Å². The molecule has 0 aliphatic carbocycles. The summed E-state index contributed by atoms with van der Waals surface area (Å²) in [6, 6.07) is 7.47. The van der Waals surface area contributed by atoms with Crippen molar-refractivity contribution in [2.24, 2.45) is 5.92 Å². The number of hydrogen-bond acceptors (Lipinski definition) is 4. The van der Waals surface area contributed by atoms with Crippen molar-refractivity contribution in [3.05, 3.63) is 24.3 Å². The number of hydrogen-bond donors (Lipinski definition) is 1. The number of ether oxygens (including phenoxy) is 2. The molecule has 1 aromatic carbocycles. The largest absolute Gasteiger partial charge is 0.492 e. The number of anilines is 1. The van der Waals surface area contributed by atoms with Gasteiger partial charge in [-0.05, 0) is 64.0 Å². The first-order valence-corrected chi connectivity index (χ1v) is 9.10. The molecule has 1 atom stereocenters. The molecule has 5 nitrogen and oxygen atoms in total. The molecule has 1 N–H and O–H groups in total. The zero-order valence-electron chi connectivity index (χ0n) is 16.6. The van der Waals surface area contributed by atoms with Gasteiger partial charge in [0.1, 0.15) is 18.0 Å². The van der Waals surface area contributed by atoms with Gasteiger partial charge in [-0.25, -0.2) is 0 Å². The molecule has 0 heterocycles. The van der Waals surface area contributed by atoms with Gasteiger partial charge in [-0.15, -0.1) is 0 Å². The fourth-order valence-electron chi connectivity index (χ4n) is 2.57. The zero-order chi connectivity index (χ0) is 18.9. The summed E-state index contributed by atoms with van der Waals surface area (Å²) >= 11 is 0. The van der Waals surface area contributed by atoms with Crippen LogP contribution in [0.1, 0.15) is 40.5 Å². The maximum absolute atomic E-state index is 12.7. The molecule has 0 saturated carbocycles. The molecule has 142 valence electrons. The number of amides is 1. The lowest BCUT2D eigenvalue weighted by Crippen LogP contribution is -2.44. The van der Waals surface area contributed by atoms with Gasteiger partial charge in [0.2, 0.25) is 0 Å². The quantitative estimate of drug-likeness (QED) is 0.659. The highest BCUT2D eigenvalue weighted by atomic mass is 16.5. The van der Waals surface area contributed by atoms with Crippen molar-refractivity contribution < 1.29 is 14.3 Å². The van der Waals surface area contributed by atoms with Crippen LogP contribution in [0.25, 0.3) is 0 Å². The monoisotopic (exact) mass is 350 g/mol. The number of benzene rings is 1. The van der Waals surface area contributed by atoms with Crippen molar-refractivity contribution in [2.75, 3.05) is 39.2 Å². The van der Waals surface area contributed by atoms with Crippen LogP contribution >= 0.6 is 0 Å². The Balaban J connectivity index is 2.66. The Kier molecular flexibility index (Phi) is 8.93. The van der Waals surface area contributed by atoms with E-state index in [9.17, 15) is 4.79 Å². The lowest BCUT2D eigenvalue weighted by atomic mass is 9.93. The van der Waals surface area contributed by atoms with Crippen molar-refractivity contribution in [1.82, 2.24) is 4.90 Å². The molecule has 1 rings (SSSR count). The molecule has 0 bridgehead atoms. The van der Waals surface area contributed by atoms with Crippen molar-refractivity contribution >= 4 is 11.6 Å². The first-order chi connectivity index (χ1) is 11.8. The molecule has 0 aliphatic heterocycles. The van der Waals surface area contributed by atoms with Crippen molar-refractivity contribution in [3.8, 4) is 5.75 Å². The average Bonchev–Trinajstić information content (AvgIpc) is 2.53. The molecule has 1 amide bonds. The molecular formula is C20H34N2O3. The van der Waals surface area contributed by atoms with Gasteiger partial charge in [-0.1, -0.05) is 20.8 Å². The van der Waals surface area contributed by atoms with Crippen LogP contribution in [0, 0.1) is 5.92 Å². The molecule has 25 heavy (non-hydrogen) atoms. The lowest BCUT2D eigenvalue weighted by Gasteiger charge is -2.30. The summed E-state index contributed by atoms with van der Waals surface area (Å²) in [6.45, 7) is 10.2. The number of rotatable bonds is 11. The lowest BCUT2D eigenvalue weighted by molar-refractivity contribution is -0.141. The molecule has 0 spiro atoms. The number of carbonyl (C=O) groups excluding carboxylic acids is 1. The van der Waals surface area contributed by atoms with Gasteiger partial charge >= 0.3 is 0 Å². The summed E-state index contributed by atoms with van der Waals surface area (Å²) in [4.78, 5) is 14.8. The van der Waals surface area contributed by atoms with E-state index in [1.54, 1.807) is 0 Å². The van der Waals surface area contributed by atoms with Crippen LogP contribution < -0.4 is 10.1 Å². The normalized spacial score (nSPS) is 13.8. The molecule has 0 aromatic heterocycles. The number of likely N-dealkylation sites (N-methyl/N-ethyl adjacent to an activating group) is 1. The molecule has 0 saturated heterocycles. The van der Waals surface area contributed by atoms with E-state index < -0.39 is 5.60 Å². The van der Waals surface area contributed by atoms with Crippen molar-refractivity contribution in [3.63, 3.8) is 0 Å². The van der Waals surface area contributed by atoms with Gasteiger partial charge in [0.05, 0.1) is 0 Å². The van der Waals surface area contributed by atoms with E-state index >= 15 is 0 Å². The third-order valence-electron chi connectivity index (χ3n) is 3.82.